The summed E-state index contributed by atoms with van der Waals surface area (Å²) in [4.78, 5) is 27.8. The fraction of sp³-hybridized carbons (Fsp3) is 0.529. The van der Waals surface area contributed by atoms with Crippen molar-refractivity contribution in [3.05, 3.63) is 54.1 Å². The zero-order chi connectivity index (χ0) is 30.4. The molecule has 0 aliphatic carbocycles. The van der Waals surface area contributed by atoms with E-state index < -0.39 is 0 Å². The maximum absolute atomic E-state index is 12.3. The van der Waals surface area contributed by atoms with Crippen molar-refractivity contribution < 1.29 is 23.8 Å². The second-order valence-corrected chi connectivity index (χ2v) is 10.8. The maximum Gasteiger partial charge on any atom is 0.245 e. The summed E-state index contributed by atoms with van der Waals surface area (Å²) in [5, 5.41) is 0. The summed E-state index contributed by atoms with van der Waals surface area (Å²) in [6.45, 7) is 9.28. The Morgan fingerprint density at radius 1 is 0.902 bits per heavy atom. The first-order valence-corrected chi connectivity index (χ1v) is 14.8. The minimum atomic E-state index is -0.295. The average Bonchev–Trinajstić information content (AvgIpc) is 2.98. The third-order valence-electron chi connectivity index (χ3n) is 7.23. The summed E-state index contributed by atoms with van der Waals surface area (Å²) in [5.74, 6) is 2.48. The lowest BCUT2D eigenvalue weighted by Gasteiger charge is -2.39. The molecule has 7 nitrogen and oxygen atoms in total. The number of benzene rings is 2. The summed E-state index contributed by atoms with van der Waals surface area (Å²) in [7, 11) is 6.57. The molecule has 2 aromatic carbocycles. The predicted molar refractivity (Wildman–Crippen MR) is 167 cm³/mol. The number of piperazine rings is 1. The highest BCUT2D eigenvalue weighted by Gasteiger charge is 2.37. The molecule has 2 aromatic rings. The first kappa shape index (κ1) is 33.7. The van der Waals surface area contributed by atoms with Gasteiger partial charge in [0.2, 0.25) is 17.6 Å². The molecule has 0 N–H and O–H groups in total. The van der Waals surface area contributed by atoms with Crippen LogP contribution in [0.25, 0.3) is 11.1 Å². The number of aryl methyl sites for hydroxylation is 1. The topological polar surface area (TPSA) is 68.3 Å². The summed E-state index contributed by atoms with van der Waals surface area (Å²) in [6.07, 6.45) is 10.7. The van der Waals surface area contributed by atoms with Gasteiger partial charge in [-0.15, -0.1) is 0 Å². The Kier molecular flexibility index (Phi) is 14.3. The molecule has 0 saturated carbocycles. The molecule has 0 spiro atoms. The van der Waals surface area contributed by atoms with E-state index in [4.69, 9.17) is 14.2 Å². The molecule has 1 heterocycles. The van der Waals surface area contributed by atoms with E-state index in [0.29, 0.717) is 29.7 Å². The molecule has 1 aliphatic rings. The van der Waals surface area contributed by atoms with Crippen molar-refractivity contribution in [2.75, 3.05) is 41.5 Å². The summed E-state index contributed by atoms with van der Waals surface area (Å²) in [6, 6.07) is 12.1. The fourth-order valence-electron chi connectivity index (χ4n) is 4.84. The van der Waals surface area contributed by atoms with Crippen molar-refractivity contribution in [2.45, 2.75) is 72.3 Å². The van der Waals surface area contributed by atoms with Crippen LogP contribution in [0.2, 0.25) is 0 Å². The first-order chi connectivity index (χ1) is 19.7. The number of carbonyl (C=O) groups excluding carboxylic acids is 2. The van der Waals surface area contributed by atoms with Gasteiger partial charge < -0.3 is 24.0 Å². The second-order valence-electron chi connectivity index (χ2n) is 10.8. The lowest BCUT2D eigenvalue weighted by Crippen LogP contribution is -2.59. The van der Waals surface area contributed by atoms with E-state index in [2.05, 4.69) is 58.0 Å². The van der Waals surface area contributed by atoms with Crippen LogP contribution in [0.5, 0.6) is 17.2 Å². The number of nitrogens with zero attached hydrogens (tertiary/aromatic N) is 2. The SMILES string of the molecule is CCCCC/C=C/CN1C(=O)CN(C)C(=O)[C@@H]1CC(C)C.CCc1ccc(-c2cc(OC)c(OC)c(OC)c2)cc1. The maximum atomic E-state index is 12.3. The van der Waals surface area contributed by atoms with Gasteiger partial charge in [0, 0.05) is 13.6 Å². The number of carbonyl (C=O) groups is 2. The standard InChI is InChI=1S/C17H30N2O2.C17H20O3/c1-5-6-7-8-9-10-11-19-15(12-14(2)3)17(21)18(4)13-16(19)20;1-5-12-6-8-13(9-7-12)14-10-15(18-2)17(20-4)16(11-14)19-3/h9-10,14-15H,5-8,11-13H2,1-4H3;6-11H,5H2,1-4H3/b10-9+;/t15-;/m0./s1. The molecule has 226 valence electrons. The molecule has 7 heteroatoms. The van der Waals surface area contributed by atoms with Gasteiger partial charge in [-0.3, -0.25) is 9.59 Å². The van der Waals surface area contributed by atoms with Crippen LogP contribution in [0.15, 0.2) is 48.6 Å². The monoisotopic (exact) mass is 566 g/mol. The lowest BCUT2D eigenvalue weighted by atomic mass is 9.99. The summed E-state index contributed by atoms with van der Waals surface area (Å²) >= 11 is 0. The Hall–Kier alpha value is -3.48. The van der Waals surface area contributed by atoms with E-state index in [9.17, 15) is 9.59 Å². The average molecular weight is 567 g/mol. The Labute approximate surface area is 247 Å². The van der Waals surface area contributed by atoms with E-state index >= 15 is 0 Å². The van der Waals surface area contributed by atoms with Crippen LogP contribution in [-0.4, -0.2) is 69.1 Å². The molecule has 3 rings (SSSR count). The van der Waals surface area contributed by atoms with Gasteiger partial charge in [0.25, 0.3) is 0 Å². The number of ether oxygens (including phenoxy) is 3. The van der Waals surface area contributed by atoms with Gasteiger partial charge in [0.05, 0.1) is 27.9 Å². The third kappa shape index (κ3) is 9.83. The molecule has 0 aromatic heterocycles. The molecule has 0 radical (unpaired) electrons. The van der Waals surface area contributed by atoms with Crippen molar-refractivity contribution in [1.29, 1.82) is 0 Å². The number of methoxy groups -OCH3 is 3. The quantitative estimate of drug-likeness (QED) is 0.197. The van der Waals surface area contributed by atoms with Crippen LogP contribution in [0.4, 0.5) is 0 Å². The van der Waals surface area contributed by atoms with Crippen LogP contribution in [0.3, 0.4) is 0 Å². The minimum Gasteiger partial charge on any atom is -0.493 e. The van der Waals surface area contributed by atoms with Crippen molar-refractivity contribution in [3.63, 3.8) is 0 Å². The highest BCUT2D eigenvalue weighted by Crippen LogP contribution is 2.41. The molecule has 0 unspecified atom stereocenters. The molecule has 1 atom stereocenters. The molecule has 2 amide bonds. The van der Waals surface area contributed by atoms with Crippen LogP contribution in [0, 0.1) is 5.92 Å². The highest BCUT2D eigenvalue weighted by molar-refractivity contribution is 5.94. The Bertz CT molecular complexity index is 1100. The van der Waals surface area contributed by atoms with Crippen molar-refractivity contribution in [3.8, 4) is 28.4 Å². The van der Waals surface area contributed by atoms with Gasteiger partial charge in [-0.25, -0.2) is 0 Å². The smallest absolute Gasteiger partial charge is 0.245 e. The fourth-order valence-corrected chi connectivity index (χ4v) is 4.84. The van der Waals surface area contributed by atoms with Crippen molar-refractivity contribution >= 4 is 11.8 Å². The third-order valence-corrected chi connectivity index (χ3v) is 7.23. The Morgan fingerprint density at radius 2 is 1.54 bits per heavy atom. The van der Waals surface area contributed by atoms with E-state index in [1.165, 1.54) is 24.8 Å². The normalized spacial score (nSPS) is 15.3. The molecule has 0 bridgehead atoms. The number of rotatable bonds is 13. The first-order valence-electron chi connectivity index (χ1n) is 14.8. The van der Waals surface area contributed by atoms with Gasteiger partial charge >= 0.3 is 0 Å². The number of amides is 2. The number of allylic oxidation sites excluding steroid dienone is 1. The van der Waals surface area contributed by atoms with Crippen molar-refractivity contribution in [1.82, 2.24) is 9.80 Å². The number of likely N-dealkylation sites (N-methyl/N-ethyl adjacent to an activating group) is 1. The van der Waals surface area contributed by atoms with Gasteiger partial charge in [0.1, 0.15) is 6.04 Å². The molecular weight excluding hydrogens is 516 g/mol. The van der Waals surface area contributed by atoms with E-state index in [-0.39, 0.29) is 24.4 Å². The predicted octanol–water partition coefficient (Wildman–Crippen LogP) is 6.78. The van der Waals surface area contributed by atoms with Crippen LogP contribution in [-0.2, 0) is 16.0 Å². The van der Waals surface area contributed by atoms with Gasteiger partial charge in [-0.05, 0) is 60.4 Å². The van der Waals surface area contributed by atoms with Crippen LogP contribution < -0.4 is 14.2 Å². The number of hydrogen-bond donors (Lipinski definition) is 0. The summed E-state index contributed by atoms with van der Waals surface area (Å²) in [5.41, 5.74) is 3.49. The van der Waals surface area contributed by atoms with Gasteiger partial charge in [-0.1, -0.05) is 77.0 Å². The molecule has 41 heavy (non-hydrogen) atoms. The zero-order valence-corrected chi connectivity index (χ0v) is 26.4. The zero-order valence-electron chi connectivity index (χ0n) is 26.4. The largest absolute Gasteiger partial charge is 0.493 e. The molecule has 1 saturated heterocycles. The second kappa shape index (κ2) is 17.4. The van der Waals surface area contributed by atoms with E-state index in [0.717, 1.165) is 30.4 Å². The van der Waals surface area contributed by atoms with Crippen molar-refractivity contribution in [2.24, 2.45) is 5.92 Å². The van der Waals surface area contributed by atoms with E-state index in [1.54, 1.807) is 38.2 Å². The number of hydrogen-bond acceptors (Lipinski definition) is 5. The minimum absolute atomic E-state index is 0.0564. The number of unbranched alkanes of at least 4 members (excludes halogenated alkanes) is 3. The summed E-state index contributed by atoms with van der Waals surface area (Å²) < 4.78 is 16.1. The molecule has 1 fully saturated rings. The molecular formula is C34H50N2O5. The highest BCUT2D eigenvalue weighted by atomic mass is 16.5. The van der Waals surface area contributed by atoms with Crippen LogP contribution >= 0.6 is 0 Å². The lowest BCUT2D eigenvalue weighted by molar-refractivity contribution is -0.154. The van der Waals surface area contributed by atoms with Gasteiger partial charge in [-0.2, -0.15) is 0 Å². The van der Waals surface area contributed by atoms with E-state index in [1.807, 2.05) is 18.2 Å². The van der Waals surface area contributed by atoms with Crippen LogP contribution in [0.1, 0.15) is 65.4 Å². The molecule has 1 aliphatic heterocycles. The Morgan fingerprint density at radius 3 is 2.05 bits per heavy atom. The Balaban J connectivity index is 0.000000287. The van der Waals surface area contributed by atoms with Gasteiger partial charge in [0.15, 0.2) is 11.5 Å².